The Morgan fingerprint density at radius 2 is 0.982 bits per heavy atom. The molecule has 0 spiro atoms. The van der Waals surface area contributed by atoms with Gasteiger partial charge in [0.05, 0.1) is 17.0 Å². The highest BCUT2D eigenvalue weighted by Gasteiger charge is 2.68. The van der Waals surface area contributed by atoms with Crippen LogP contribution in [-0.2, 0) is 23.8 Å². The van der Waals surface area contributed by atoms with Gasteiger partial charge in [0.2, 0.25) is 0 Å². The van der Waals surface area contributed by atoms with Gasteiger partial charge in [-0.2, -0.15) is 0 Å². The smallest absolute Gasteiger partial charge is 0.335 e. The van der Waals surface area contributed by atoms with Gasteiger partial charge in [-0.05, 0) is 61.9 Å². The van der Waals surface area contributed by atoms with Crippen molar-refractivity contribution in [2.24, 2.45) is 0 Å². The summed E-state index contributed by atoms with van der Waals surface area (Å²) in [5, 5.41) is 0. The summed E-state index contributed by atoms with van der Waals surface area (Å²) < 4.78 is 52.3. The van der Waals surface area contributed by atoms with Crippen LogP contribution in [0.1, 0.15) is 65.5 Å². The summed E-state index contributed by atoms with van der Waals surface area (Å²) >= 11 is 0. The summed E-state index contributed by atoms with van der Waals surface area (Å²) in [6, 6.07) is 24.2. The number of quaternary nitrogens is 1. The number of carbonyl (C=O) groups is 2. The van der Waals surface area contributed by atoms with E-state index in [1.165, 1.54) is 72.8 Å². The van der Waals surface area contributed by atoms with Crippen LogP contribution in [0.5, 0.6) is 0 Å². The maximum absolute atomic E-state index is 13.9. The molecule has 0 bridgehead atoms. The summed E-state index contributed by atoms with van der Waals surface area (Å²) in [6.07, 6.45) is 1.09. The zero-order chi connectivity index (χ0) is 41.4. The minimum absolute atomic E-state index is 0.102. The molecule has 0 heterocycles. The number of nitrogens with zero attached hydrogens (tertiary/aromatic N) is 1. The Balaban J connectivity index is 2.45. The van der Waals surface area contributed by atoms with E-state index in [9.17, 15) is 67.0 Å². The van der Waals surface area contributed by atoms with Crippen LogP contribution in [0.15, 0.2) is 103 Å². The van der Waals surface area contributed by atoms with Crippen molar-refractivity contribution < 1.29 is 67.0 Å². The van der Waals surface area contributed by atoms with E-state index in [0.717, 1.165) is 27.7 Å². The molecule has 6 atom stereocenters. The van der Waals surface area contributed by atoms with Crippen molar-refractivity contribution in [3.05, 3.63) is 125 Å². The predicted molar refractivity (Wildman–Crippen MR) is 206 cm³/mol. The monoisotopic (exact) mass is 837 g/mol. The van der Waals surface area contributed by atoms with E-state index >= 15 is 0 Å². The SMILES string of the molecule is CC(C(c1cccc(C(C(C)P(=O)(O)O)C(C)P(=O)(O)O)c1)(C(C)P(=O)(O)O)[N+](c1ccccc1)(c1ccc(C=O)cc1)c1ccc(C=O)cc1)P(=O)([O-])O. The van der Waals surface area contributed by atoms with Crippen LogP contribution >= 0.6 is 30.4 Å². The second-order valence-electron chi connectivity index (χ2n) is 13.6. The second kappa shape index (κ2) is 16.3. The van der Waals surface area contributed by atoms with Gasteiger partial charge in [-0.15, -0.1) is 0 Å². The van der Waals surface area contributed by atoms with Gasteiger partial charge in [0.25, 0.3) is 0 Å². The summed E-state index contributed by atoms with van der Waals surface area (Å²) in [6.45, 7) is 4.32. The maximum Gasteiger partial charge on any atom is 0.335 e. The van der Waals surface area contributed by atoms with Crippen LogP contribution in [0, 0.1) is 0 Å². The number of carbonyl (C=O) groups excluding carboxylic acids is 2. The van der Waals surface area contributed by atoms with Gasteiger partial charge in [0, 0.05) is 46.9 Å². The van der Waals surface area contributed by atoms with Crippen molar-refractivity contribution in [2.75, 3.05) is 0 Å². The molecule has 0 saturated carbocycles. The Hall–Kier alpha value is -3.22. The summed E-state index contributed by atoms with van der Waals surface area (Å²) in [4.78, 5) is 112. The molecule has 55 heavy (non-hydrogen) atoms. The first-order chi connectivity index (χ1) is 25.4. The fourth-order valence-electron chi connectivity index (χ4n) is 7.76. The Morgan fingerprint density at radius 1 is 0.564 bits per heavy atom. The Kier molecular flexibility index (Phi) is 13.2. The number of hydrogen-bond donors (Lipinski definition) is 7. The van der Waals surface area contributed by atoms with Gasteiger partial charge < -0.3 is 43.7 Å². The average Bonchev–Trinajstić information content (AvgIpc) is 3.12. The second-order valence-corrected chi connectivity index (χ2v) is 21.4. The Morgan fingerprint density at radius 3 is 1.35 bits per heavy atom. The van der Waals surface area contributed by atoms with Gasteiger partial charge in [0.1, 0.15) is 42.9 Å². The number of para-hydroxylation sites is 1. The first kappa shape index (κ1) is 44.5. The van der Waals surface area contributed by atoms with Crippen LogP contribution in [0.2, 0.25) is 0 Å². The number of benzene rings is 4. The zero-order valence-electron chi connectivity index (χ0n) is 30.1. The van der Waals surface area contributed by atoms with Gasteiger partial charge in [-0.25, -0.2) is 4.48 Å². The lowest BCUT2D eigenvalue weighted by molar-refractivity contribution is -0.198. The minimum atomic E-state index is -5.76. The molecule has 0 aliphatic rings. The van der Waals surface area contributed by atoms with E-state index in [2.05, 4.69) is 0 Å². The molecule has 4 aromatic rings. The third-order valence-electron chi connectivity index (χ3n) is 10.6. The van der Waals surface area contributed by atoms with E-state index in [4.69, 9.17) is 0 Å². The van der Waals surface area contributed by atoms with Crippen LogP contribution in [-0.4, -0.2) is 69.5 Å². The van der Waals surface area contributed by atoms with Gasteiger partial charge in [0.15, 0.2) is 5.54 Å². The van der Waals surface area contributed by atoms with Crippen molar-refractivity contribution in [3.8, 4) is 0 Å². The third-order valence-corrected chi connectivity index (χ3v) is 16.2. The molecule has 19 heteroatoms. The Bertz CT molecular complexity index is 2090. The number of hydrogen-bond acceptors (Lipinski definition) is 7. The quantitative estimate of drug-likeness (QED) is 0.0394. The van der Waals surface area contributed by atoms with Crippen LogP contribution < -0.4 is 9.38 Å². The highest BCUT2D eigenvalue weighted by molar-refractivity contribution is 7.54. The van der Waals surface area contributed by atoms with Crippen LogP contribution in [0.25, 0.3) is 0 Å². The standard InChI is InChI=1S/C36H43NO14P4/c1-24(52(40,41)42)35(25(2)53(43,44)45)30-9-8-10-31(21-30)36(26(3)54(46,47)48,27(4)55(49,50)51)37(32-11-6-5-7-12-32,33-17-13-28(22-38)14-18-33)34-19-15-29(23-39)16-20-34/h5-27,35H,1-4H3,(H7-,40,41,42,43,44,45,46,47,48,49,50,51). The molecular formula is C36H43NO14P4. The summed E-state index contributed by atoms with van der Waals surface area (Å²) in [5.74, 6) is -1.62. The molecule has 6 unspecified atom stereocenters. The lowest BCUT2D eigenvalue weighted by Gasteiger charge is -2.58. The molecular weight excluding hydrogens is 794 g/mol. The summed E-state index contributed by atoms with van der Waals surface area (Å²) in [5.41, 5.74) is -9.99. The van der Waals surface area contributed by atoms with E-state index in [-0.39, 0.29) is 39.3 Å². The highest BCUT2D eigenvalue weighted by atomic mass is 31.2. The number of rotatable bonds is 16. The molecule has 0 amide bonds. The largest absolute Gasteiger partial charge is 0.778 e. The molecule has 0 aliphatic heterocycles. The third kappa shape index (κ3) is 8.42. The lowest BCUT2D eigenvalue weighted by atomic mass is 9.75. The van der Waals surface area contributed by atoms with Crippen LogP contribution in [0.3, 0.4) is 0 Å². The molecule has 7 N–H and O–H groups in total. The molecule has 0 aromatic heterocycles. The van der Waals surface area contributed by atoms with E-state index < -0.39 is 69.0 Å². The van der Waals surface area contributed by atoms with E-state index in [1.807, 2.05) is 0 Å². The normalized spacial score (nSPS) is 17.8. The predicted octanol–water partition coefficient (Wildman–Crippen LogP) is 5.89. The molecule has 0 aliphatic carbocycles. The molecule has 4 rings (SSSR count). The first-order valence-corrected chi connectivity index (χ1v) is 23.4. The maximum atomic E-state index is 13.9. The molecule has 0 saturated heterocycles. The minimum Gasteiger partial charge on any atom is -0.778 e. The fraction of sp³-hybridized carbons (Fsp3) is 0.278. The molecule has 0 radical (unpaired) electrons. The molecule has 296 valence electrons. The van der Waals surface area contributed by atoms with Crippen molar-refractivity contribution in [3.63, 3.8) is 0 Å². The first-order valence-electron chi connectivity index (χ1n) is 16.8. The van der Waals surface area contributed by atoms with Crippen LogP contribution in [0.4, 0.5) is 17.1 Å². The van der Waals surface area contributed by atoms with Gasteiger partial charge in [-0.3, -0.25) is 23.3 Å². The molecule has 15 nitrogen and oxygen atoms in total. The van der Waals surface area contributed by atoms with Crippen molar-refractivity contribution >= 4 is 60.0 Å². The topological polar surface area (TPSA) is 267 Å². The Labute approximate surface area is 317 Å². The fourth-order valence-corrected chi connectivity index (χ4v) is 11.8. The lowest BCUT2D eigenvalue weighted by Crippen LogP contribution is -2.67. The van der Waals surface area contributed by atoms with Crippen molar-refractivity contribution in [1.29, 1.82) is 0 Å². The average molecular weight is 838 g/mol. The molecule has 0 fully saturated rings. The van der Waals surface area contributed by atoms with Crippen molar-refractivity contribution in [2.45, 2.75) is 61.8 Å². The highest BCUT2D eigenvalue weighted by Crippen LogP contribution is 2.68. The zero-order valence-corrected chi connectivity index (χ0v) is 33.7. The van der Waals surface area contributed by atoms with Gasteiger partial charge in [-0.1, -0.05) is 50.2 Å². The molecule has 4 aromatic carbocycles. The van der Waals surface area contributed by atoms with E-state index in [1.54, 1.807) is 30.3 Å². The van der Waals surface area contributed by atoms with Crippen molar-refractivity contribution in [1.82, 2.24) is 4.48 Å². The number of aldehydes is 2. The van der Waals surface area contributed by atoms with E-state index in [0.29, 0.717) is 12.6 Å². The summed E-state index contributed by atoms with van der Waals surface area (Å²) in [7, 11) is -21.5. The van der Waals surface area contributed by atoms with Gasteiger partial charge >= 0.3 is 22.8 Å².